The van der Waals surface area contributed by atoms with E-state index in [9.17, 15) is 9.59 Å². The molecule has 1 aromatic carbocycles. The van der Waals surface area contributed by atoms with Crippen molar-refractivity contribution in [2.24, 2.45) is 5.73 Å². The quantitative estimate of drug-likeness (QED) is 0.640. The van der Waals surface area contributed by atoms with Crippen LogP contribution in [0.1, 0.15) is 23.2 Å². The van der Waals surface area contributed by atoms with Crippen molar-refractivity contribution in [2.45, 2.75) is 12.8 Å². The van der Waals surface area contributed by atoms with E-state index >= 15 is 0 Å². The van der Waals surface area contributed by atoms with Crippen LogP contribution < -0.4 is 16.4 Å². The summed E-state index contributed by atoms with van der Waals surface area (Å²) in [6.07, 6.45) is 1.07. The Labute approximate surface area is 142 Å². The van der Waals surface area contributed by atoms with Crippen molar-refractivity contribution in [1.29, 1.82) is 0 Å². The molecule has 0 atom stereocenters. The van der Waals surface area contributed by atoms with Gasteiger partial charge < -0.3 is 21.1 Å². The highest BCUT2D eigenvalue weighted by Gasteiger charge is 2.11. The predicted molar refractivity (Wildman–Crippen MR) is 93.0 cm³/mol. The fourth-order valence-corrected chi connectivity index (χ4v) is 2.45. The summed E-state index contributed by atoms with van der Waals surface area (Å²) in [6, 6.07) is 6.89. The second kappa shape index (κ2) is 10.0. The van der Waals surface area contributed by atoms with Crippen molar-refractivity contribution in [3.8, 4) is 0 Å². The van der Waals surface area contributed by atoms with E-state index in [0.717, 1.165) is 32.8 Å². The summed E-state index contributed by atoms with van der Waals surface area (Å²) < 4.78 is 5.29. The second-order valence-electron chi connectivity index (χ2n) is 5.73. The molecular weight excluding hydrogens is 308 g/mol. The lowest BCUT2D eigenvalue weighted by molar-refractivity contribution is -0.116. The van der Waals surface area contributed by atoms with Gasteiger partial charge in [-0.3, -0.25) is 14.5 Å². The third-order valence-electron chi connectivity index (χ3n) is 3.86. The van der Waals surface area contributed by atoms with Crippen LogP contribution in [0.2, 0.25) is 0 Å². The number of carbonyl (C=O) groups is 2. The zero-order valence-electron chi connectivity index (χ0n) is 13.9. The summed E-state index contributed by atoms with van der Waals surface area (Å²) in [7, 11) is 0. The number of amides is 2. The van der Waals surface area contributed by atoms with Crippen molar-refractivity contribution in [3.63, 3.8) is 0 Å². The molecule has 1 saturated heterocycles. The van der Waals surface area contributed by atoms with Crippen LogP contribution >= 0.6 is 0 Å². The first-order valence-corrected chi connectivity index (χ1v) is 8.37. The number of morpholine rings is 1. The molecule has 1 heterocycles. The molecule has 0 unspecified atom stereocenters. The van der Waals surface area contributed by atoms with E-state index in [4.69, 9.17) is 10.5 Å². The van der Waals surface area contributed by atoms with Crippen molar-refractivity contribution in [3.05, 3.63) is 29.8 Å². The van der Waals surface area contributed by atoms with E-state index < -0.39 is 0 Å². The van der Waals surface area contributed by atoms with Gasteiger partial charge in [-0.15, -0.1) is 0 Å². The van der Waals surface area contributed by atoms with Crippen molar-refractivity contribution in [1.82, 2.24) is 10.2 Å². The number of nitrogens with zero attached hydrogens (tertiary/aromatic N) is 1. The molecule has 1 aliphatic rings. The van der Waals surface area contributed by atoms with Crippen LogP contribution in [0, 0.1) is 0 Å². The maximum absolute atomic E-state index is 12.1. The molecule has 24 heavy (non-hydrogen) atoms. The number of hydrogen-bond donors (Lipinski definition) is 3. The minimum Gasteiger partial charge on any atom is -0.379 e. The Morgan fingerprint density at radius 3 is 2.54 bits per heavy atom. The fraction of sp³-hybridized carbons (Fsp3) is 0.529. The number of benzene rings is 1. The van der Waals surface area contributed by atoms with E-state index in [1.165, 1.54) is 0 Å². The Morgan fingerprint density at radius 2 is 1.88 bits per heavy atom. The van der Waals surface area contributed by atoms with Crippen LogP contribution in [0.5, 0.6) is 0 Å². The molecule has 0 saturated carbocycles. The maximum atomic E-state index is 12.1. The molecule has 2 rings (SSSR count). The highest BCUT2D eigenvalue weighted by Crippen LogP contribution is 2.10. The summed E-state index contributed by atoms with van der Waals surface area (Å²) in [5.74, 6) is -0.174. The Hall–Kier alpha value is -1.96. The monoisotopic (exact) mass is 334 g/mol. The van der Waals surface area contributed by atoms with Crippen LogP contribution in [0.25, 0.3) is 0 Å². The molecule has 1 fully saturated rings. The molecule has 0 bridgehead atoms. The van der Waals surface area contributed by atoms with E-state index in [1.807, 2.05) is 0 Å². The predicted octanol–water partition coefficient (Wildman–Crippen LogP) is 0.426. The van der Waals surface area contributed by atoms with E-state index in [-0.39, 0.29) is 11.8 Å². The lowest BCUT2D eigenvalue weighted by atomic mass is 10.2. The molecule has 7 heteroatoms. The van der Waals surface area contributed by atoms with Gasteiger partial charge in [-0.25, -0.2) is 0 Å². The number of nitrogens with one attached hydrogen (secondary N) is 2. The average Bonchev–Trinajstić information content (AvgIpc) is 2.61. The third-order valence-corrected chi connectivity index (χ3v) is 3.86. The van der Waals surface area contributed by atoms with Crippen LogP contribution in [-0.2, 0) is 9.53 Å². The van der Waals surface area contributed by atoms with Gasteiger partial charge in [0.05, 0.1) is 13.2 Å². The van der Waals surface area contributed by atoms with Crippen molar-refractivity contribution < 1.29 is 14.3 Å². The lowest BCUT2D eigenvalue weighted by Crippen LogP contribution is -2.41. The fourth-order valence-electron chi connectivity index (χ4n) is 2.45. The molecule has 0 aromatic heterocycles. The van der Waals surface area contributed by atoms with Gasteiger partial charge in [-0.1, -0.05) is 0 Å². The smallest absolute Gasteiger partial charge is 0.251 e. The van der Waals surface area contributed by atoms with Crippen molar-refractivity contribution in [2.75, 3.05) is 51.3 Å². The molecule has 0 aliphatic carbocycles. The number of anilines is 1. The van der Waals surface area contributed by atoms with Crippen LogP contribution in [0.4, 0.5) is 5.69 Å². The summed E-state index contributed by atoms with van der Waals surface area (Å²) in [6.45, 7) is 5.26. The standard InChI is InChI=1S/C17H26N4O3/c18-7-1-2-16(22)20-15-5-3-14(4-6-15)17(23)19-8-9-21-10-12-24-13-11-21/h3-6H,1-2,7-13,18H2,(H,19,23)(H,20,22). The zero-order chi connectivity index (χ0) is 17.2. The van der Waals surface area contributed by atoms with Gasteiger partial charge in [-0.05, 0) is 37.2 Å². The Kier molecular flexibility index (Phi) is 7.67. The largest absolute Gasteiger partial charge is 0.379 e. The van der Waals surface area contributed by atoms with E-state index in [1.54, 1.807) is 24.3 Å². The Morgan fingerprint density at radius 1 is 1.17 bits per heavy atom. The van der Waals surface area contributed by atoms with E-state index in [2.05, 4.69) is 15.5 Å². The Bertz CT molecular complexity index is 527. The maximum Gasteiger partial charge on any atom is 0.251 e. The second-order valence-corrected chi connectivity index (χ2v) is 5.73. The number of nitrogens with two attached hydrogens (primary N) is 1. The third kappa shape index (κ3) is 6.27. The minimum atomic E-state index is -0.107. The SMILES string of the molecule is NCCCC(=O)Nc1ccc(C(=O)NCCN2CCOCC2)cc1. The normalized spacial score (nSPS) is 15.0. The number of hydrogen-bond acceptors (Lipinski definition) is 5. The van der Waals surface area contributed by atoms with Crippen molar-refractivity contribution >= 4 is 17.5 Å². The summed E-state index contributed by atoms with van der Waals surface area (Å²) >= 11 is 0. The van der Waals surface area contributed by atoms with Gasteiger partial charge in [-0.2, -0.15) is 0 Å². The van der Waals surface area contributed by atoms with Crippen LogP contribution in [-0.4, -0.2) is 62.7 Å². The summed E-state index contributed by atoms with van der Waals surface area (Å²) in [5, 5.41) is 5.70. The zero-order valence-corrected chi connectivity index (χ0v) is 13.9. The number of carbonyl (C=O) groups excluding carboxylic acids is 2. The highest BCUT2D eigenvalue weighted by atomic mass is 16.5. The molecule has 0 radical (unpaired) electrons. The lowest BCUT2D eigenvalue weighted by Gasteiger charge is -2.26. The molecule has 7 nitrogen and oxygen atoms in total. The highest BCUT2D eigenvalue weighted by molar-refractivity contribution is 5.95. The summed E-state index contributed by atoms with van der Waals surface area (Å²) in [4.78, 5) is 26.0. The molecular formula is C17H26N4O3. The Balaban J connectivity index is 1.73. The molecule has 1 aliphatic heterocycles. The van der Waals surface area contributed by atoms with E-state index in [0.29, 0.717) is 37.2 Å². The molecule has 4 N–H and O–H groups in total. The number of rotatable bonds is 8. The first-order chi connectivity index (χ1) is 11.7. The summed E-state index contributed by atoms with van der Waals surface area (Å²) in [5.41, 5.74) is 6.64. The van der Waals surface area contributed by atoms with Gasteiger partial charge in [0, 0.05) is 43.9 Å². The molecule has 2 amide bonds. The first kappa shape index (κ1) is 18.4. The van der Waals surface area contributed by atoms with Gasteiger partial charge in [0.25, 0.3) is 5.91 Å². The van der Waals surface area contributed by atoms with Gasteiger partial charge in [0.1, 0.15) is 0 Å². The van der Waals surface area contributed by atoms with Gasteiger partial charge >= 0.3 is 0 Å². The molecule has 132 valence electrons. The van der Waals surface area contributed by atoms with Gasteiger partial charge in [0.15, 0.2) is 0 Å². The van der Waals surface area contributed by atoms with Crippen LogP contribution in [0.3, 0.4) is 0 Å². The molecule has 1 aromatic rings. The van der Waals surface area contributed by atoms with Gasteiger partial charge in [0.2, 0.25) is 5.91 Å². The minimum absolute atomic E-state index is 0.0665. The molecule has 0 spiro atoms. The average molecular weight is 334 g/mol. The van der Waals surface area contributed by atoms with Crippen LogP contribution in [0.15, 0.2) is 24.3 Å². The number of ether oxygens (including phenoxy) is 1. The topological polar surface area (TPSA) is 96.7 Å². The first-order valence-electron chi connectivity index (χ1n) is 8.37.